The van der Waals surface area contributed by atoms with Gasteiger partial charge in [-0.25, -0.2) is 8.78 Å². The Hall–Kier alpha value is -1.00. The molecule has 1 aromatic carbocycles. The minimum absolute atomic E-state index is 0.308. The molecule has 1 aromatic rings. The topological polar surface area (TPSA) is 29.3 Å². The monoisotopic (exact) mass is 226 g/mol. The lowest BCUT2D eigenvalue weighted by molar-refractivity contribution is 0.246. The second-order valence-corrected chi connectivity index (χ2v) is 4.24. The summed E-state index contributed by atoms with van der Waals surface area (Å²) in [5.74, 6) is -0.732. The lowest BCUT2D eigenvalue weighted by Crippen LogP contribution is -2.35. The fraction of sp³-hybridized carbons (Fsp3) is 0.500. The van der Waals surface area contributed by atoms with Gasteiger partial charge in [-0.05, 0) is 37.6 Å². The maximum atomic E-state index is 13.4. The maximum Gasteiger partial charge on any atom is 0.127 e. The van der Waals surface area contributed by atoms with Crippen LogP contribution in [0, 0.1) is 11.6 Å². The Bertz CT molecular complexity index is 368. The standard InChI is InChI=1S/C12H16F2N2/c13-10-3-4-12(14)9(6-10)8-16-5-1-2-11(16)7-15/h3-4,6,11H,1-2,5,7-8,15H2. The Morgan fingerprint density at radius 2 is 2.19 bits per heavy atom. The number of benzene rings is 1. The molecule has 1 aliphatic heterocycles. The first-order valence-electron chi connectivity index (χ1n) is 5.58. The van der Waals surface area contributed by atoms with E-state index in [2.05, 4.69) is 4.90 Å². The molecule has 1 unspecified atom stereocenters. The van der Waals surface area contributed by atoms with Crippen molar-refractivity contribution in [2.75, 3.05) is 13.1 Å². The Kier molecular flexibility index (Phi) is 3.51. The summed E-state index contributed by atoms with van der Waals surface area (Å²) in [5, 5.41) is 0. The molecule has 4 heteroatoms. The van der Waals surface area contributed by atoms with E-state index in [1.165, 1.54) is 12.1 Å². The van der Waals surface area contributed by atoms with Crippen molar-refractivity contribution in [2.45, 2.75) is 25.4 Å². The SMILES string of the molecule is NCC1CCCN1Cc1cc(F)ccc1F. The van der Waals surface area contributed by atoms with E-state index >= 15 is 0 Å². The highest BCUT2D eigenvalue weighted by Crippen LogP contribution is 2.20. The van der Waals surface area contributed by atoms with Crippen LogP contribution < -0.4 is 5.73 Å². The van der Waals surface area contributed by atoms with Crippen LogP contribution in [0.15, 0.2) is 18.2 Å². The quantitative estimate of drug-likeness (QED) is 0.852. The van der Waals surface area contributed by atoms with Gasteiger partial charge in [0.1, 0.15) is 11.6 Å². The molecule has 0 spiro atoms. The molecule has 1 saturated heterocycles. The molecular weight excluding hydrogens is 210 g/mol. The molecule has 0 bridgehead atoms. The van der Waals surface area contributed by atoms with Crippen molar-refractivity contribution < 1.29 is 8.78 Å². The van der Waals surface area contributed by atoms with Gasteiger partial charge in [-0.1, -0.05) is 0 Å². The molecular formula is C12H16F2N2. The second-order valence-electron chi connectivity index (χ2n) is 4.24. The maximum absolute atomic E-state index is 13.4. The van der Waals surface area contributed by atoms with Gasteiger partial charge in [0.2, 0.25) is 0 Å². The average Bonchev–Trinajstić information content (AvgIpc) is 2.71. The fourth-order valence-corrected chi connectivity index (χ4v) is 2.25. The number of nitrogens with zero attached hydrogens (tertiary/aromatic N) is 1. The Morgan fingerprint density at radius 3 is 2.94 bits per heavy atom. The number of hydrogen-bond acceptors (Lipinski definition) is 2. The smallest absolute Gasteiger partial charge is 0.127 e. The van der Waals surface area contributed by atoms with Crippen LogP contribution in [-0.4, -0.2) is 24.0 Å². The predicted molar refractivity (Wildman–Crippen MR) is 58.8 cm³/mol. The number of halogens is 2. The molecule has 2 rings (SSSR count). The molecule has 88 valence electrons. The van der Waals surface area contributed by atoms with Crippen molar-refractivity contribution in [1.82, 2.24) is 4.90 Å². The predicted octanol–water partition coefficient (Wildman–Crippen LogP) is 1.89. The molecule has 1 heterocycles. The van der Waals surface area contributed by atoms with Crippen molar-refractivity contribution in [2.24, 2.45) is 5.73 Å². The normalized spacial score (nSPS) is 21.6. The molecule has 0 saturated carbocycles. The Morgan fingerprint density at radius 1 is 1.38 bits per heavy atom. The highest BCUT2D eigenvalue weighted by atomic mass is 19.1. The van der Waals surface area contributed by atoms with Gasteiger partial charge in [-0.15, -0.1) is 0 Å². The number of likely N-dealkylation sites (tertiary alicyclic amines) is 1. The van der Waals surface area contributed by atoms with Gasteiger partial charge in [0, 0.05) is 24.7 Å². The third-order valence-electron chi connectivity index (χ3n) is 3.15. The van der Waals surface area contributed by atoms with Crippen molar-refractivity contribution in [3.8, 4) is 0 Å². The third-order valence-corrected chi connectivity index (χ3v) is 3.15. The van der Waals surface area contributed by atoms with Crippen molar-refractivity contribution >= 4 is 0 Å². The van der Waals surface area contributed by atoms with Gasteiger partial charge in [0.05, 0.1) is 0 Å². The highest BCUT2D eigenvalue weighted by Gasteiger charge is 2.23. The molecule has 1 atom stereocenters. The second kappa shape index (κ2) is 4.89. The largest absolute Gasteiger partial charge is 0.329 e. The van der Waals surface area contributed by atoms with E-state index in [9.17, 15) is 8.78 Å². The van der Waals surface area contributed by atoms with Crippen LogP contribution >= 0.6 is 0 Å². The fourth-order valence-electron chi connectivity index (χ4n) is 2.25. The van der Waals surface area contributed by atoms with E-state index in [-0.39, 0.29) is 11.6 Å². The molecule has 16 heavy (non-hydrogen) atoms. The first-order valence-corrected chi connectivity index (χ1v) is 5.58. The van der Waals surface area contributed by atoms with Crippen molar-refractivity contribution in [1.29, 1.82) is 0 Å². The molecule has 2 N–H and O–H groups in total. The summed E-state index contributed by atoms with van der Waals surface area (Å²) in [7, 11) is 0. The molecule has 1 aliphatic rings. The zero-order valence-electron chi connectivity index (χ0n) is 9.13. The zero-order valence-corrected chi connectivity index (χ0v) is 9.13. The summed E-state index contributed by atoms with van der Waals surface area (Å²) in [5.41, 5.74) is 6.05. The number of rotatable bonds is 3. The average molecular weight is 226 g/mol. The number of hydrogen-bond donors (Lipinski definition) is 1. The van der Waals surface area contributed by atoms with Crippen LogP contribution in [0.2, 0.25) is 0 Å². The van der Waals surface area contributed by atoms with Crippen molar-refractivity contribution in [3.63, 3.8) is 0 Å². The number of nitrogens with two attached hydrogens (primary N) is 1. The summed E-state index contributed by atoms with van der Waals surface area (Å²) < 4.78 is 26.4. The van der Waals surface area contributed by atoms with Gasteiger partial charge in [-0.2, -0.15) is 0 Å². The molecule has 2 nitrogen and oxygen atoms in total. The van der Waals surface area contributed by atoms with Gasteiger partial charge in [-0.3, -0.25) is 4.90 Å². The lowest BCUT2D eigenvalue weighted by atomic mass is 10.1. The molecule has 0 aromatic heterocycles. The van der Waals surface area contributed by atoms with Crippen molar-refractivity contribution in [3.05, 3.63) is 35.4 Å². The van der Waals surface area contributed by atoms with E-state index in [0.717, 1.165) is 25.5 Å². The van der Waals surface area contributed by atoms with Crippen LogP contribution in [0.5, 0.6) is 0 Å². The van der Waals surface area contributed by atoms with Gasteiger partial charge >= 0.3 is 0 Å². The third kappa shape index (κ3) is 2.39. The van der Waals surface area contributed by atoms with E-state index in [1.807, 2.05) is 0 Å². The summed E-state index contributed by atoms with van der Waals surface area (Å²) >= 11 is 0. The minimum atomic E-state index is -0.389. The van der Waals surface area contributed by atoms with Crippen LogP contribution in [0.3, 0.4) is 0 Å². The summed E-state index contributed by atoms with van der Waals surface area (Å²) in [4.78, 5) is 2.12. The first-order chi connectivity index (χ1) is 7.70. The summed E-state index contributed by atoms with van der Waals surface area (Å²) in [6.45, 7) is 1.94. The van der Waals surface area contributed by atoms with E-state index in [4.69, 9.17) is 5.73 Å². The van der Waals surface area contributed by atoms with E-state index in [0.29, 0.717) is 24.7 Å². The van der Waals surface area contributed by atoms with Gasteiger partial charge < -0.3 is 5.73 Å². The van der Waals surface area contributed by atoms with E-state index in [1.54, 1.807) is 0 Å². The van der Waals surface area contributed by atoms with E-state index < -0.39 is 0 Å². The lowest BCUT2D eigenvalue weighted by Gasteiger charge is -2.23. The van der Waals surface area contributed by atoms with Crippen LogP contribution in [0.4, 0.5) is 8.78 Å². The Balaban J connectivity index is 2.11. The zero-order chi connectivity index (χ0) is 11.5. The van der Waals surface area contributed by atoms with Gasteiger partial charge in [0.25, 0.3) is 0 Å². The highest BCUT2D eigenvalue weighted by molar-refractivity contribution is 5.18. The van der Waals surface area contributed by atoms with Crippen LogP contribution in [0.1, 0.15) is 18.4 Å². The first kappa shape index (κ1) is 11.5. The summed E-state index contributed by atoms with van der Waals surface area (Å²) in [6, 6.07) is 3.89. The van der Waals surface area contributed by atoms with Crippen LogP contribution in [-0.2, 0) is 6.54 Å². The molecule has 0 amide bonds. The molecule has 1 fully saturated rings. The van der Waals surface area contributed by atoms with Crippen LogP contribution in [0.25, 0.3) is 0 Å². The van der Waals surface area contributed by atoms with Gasteiger partial charge in [0.15, 0.2) is 0 Å². The minimum Gasteiger partial charge on any atom is -0.329 e. The molecule has 0 aliphatic carbocycles. The Labute approximate surface area is 94.0 Å². The molecule has 0 radical (unpaired) electrons. The summed E-state index contributed by atoms with van der Waals surface area (Å²) in [6.07, 6.45) is 2.13.